The molecule has 1 saturated heterocycles. The fourth-order valence-corrected chi connectivity index (χ4v) is 3.66. The fraction of sp³-hybridized carbons (Fsp3) is 0.727. The molecule has 6 nitrogen and oxygen atoms in total. The van der Waals surface area contributed by atoms with Gasteiger partial charge in [0.1, 0.15) is 0 Å². The maximum Gasteiger partial charge on any atom is 0.262 e. The molecule has 2 N–H and O–H groups in total. The molecule has 0 aromatic carbocycles. The van der Waals surface area contributed by atoms with E-state index in [0.29, 0.717) is 26.2 Å². The molecule has 0 aliphatic carbocycles. The summed E-state index contributed by atoms with van der Waals surface area (Å²) in [7, 11) is -3.46. The van der Waals surface area contributed by atoms with Crippen LogP contribution in [0.1, 0.15) is 20.3 Å². The van der Waals surface area contributed by atoms with E-state index in [1.165, 1.54) is 4.31 Å². The average Bonchev–Trinajstić information content (AvgIpc) is 2.96. The largest absolute Gasteiger partial charge is 0.336 e. The standard InChI is InChI=1S/C11H20N4O2S/c1-3-14-6-10(13-9-14)18(16,17)15-5-4-11(2,7-12)8-15/h6,9H,3-5,7-8,12H2,1-2H3. The third kappa shape index (κ3) is 2.30. The van der Waals surface area contributed by atoms with Gasteiger partial charge in [-0.1, -0.05) is 6.92 Å². The zero-order valence-electron chi connectivity index (χ0n) is 10.8. The van der Waals surface area contributed by atoms with Gasteiger partial charge in [-0.3, -0.25) is 0 Å². The lowest BCUT2D eigenvalue weighted by molar-refractivity contribution is 0.349. The molecule has 0 spiro atoms. The van der Waals surface area contributed by atoms with Crippen molar-refractivity contribution in [3.63, 3.8) is 0 Å². The zero-order chi connectivity index (χ0) is 13.4. The molecule has 1 unspecified atom stereocenters. The first-order valence-electron chi connectivity index (χ1n) is 6.13. The number of imidazole rings is 1. The summed E-state index contributed by atoms with van der Waals surface area (Å²) in [4.78, 5) is 3.98. The molecule has 1 aliphatic heterocycles. The molecule has 102 valence electrons. The minimum atomic E-state index is -3.46. The van der Waals surface area contributed by atoms with Crippen molar-refractivity contribution in [3.05, 3.63) is 12.5 Å². The molecular weight excluding hydrogens is 252 g/mol. The van der Waals surface area contributed by atoms with Crippen molar-refractivity contribution in [2.45, 2.75) is 31.8 Å². The number of nitrogens with two attached hydrogens (primary N) is 1. The van der Waals surface area contributed by atoms with Crippen LogP contribution in [-0.2, 0) is 16.6 Å². The Kier molecular flexibility index (Phi) is 3.48. The second-order valence-corrected chi connectivity index (χ2v) is 7.03. The Morgan fingerprint density at radius 3 is 2.78 bits per heavy atom. The molecule has 1 fully saturated rings. The van der Waals surface area contributed by atoms with Crippen LogP contribution in [0.4, 0.5) is 0 Å². The average molecular weight is 272 g/mol. The predicted octanol–water partition coefficient (Wildman–Crippen LogP) is 0.262. The van der Waals surface area contributed by atoms with Crippen LogP contribution in [0.15, 0.2) is 17.6 Å². The highest BCUT2D eigenvalue weighted by molar-refractivity contribution is 7.89. The Morgan fingerprint density at radius 1 is 1.56 bits per heavy atom. The van der Waals surface area contributed by atoms with E-state index in [1.807, 2.05) is 13.8 Å². The van der Waals surface area contributed by atoms with Gasteiger partial charge in [-0.2, -0.15) is 4.31 Å². The Bertz CT molecular complexity index is 525. The third-order valence-corrected chi connectivity index (χ3v) is 5.33. The van der Waals surface area contributed by atoms with Crippen molar-refractivity contribution in [1.82, 2.24) is 13.9 Å². The summed E-state index contributed by atoms with van der Waals surface area (Å²) < 4.78 is 28.0. The van der Waals surface area contributed by atoms with E-state index < -0.39 is 10.0 Å². The Hall–Kier alpha value is -0.920. The lowest BCUT2D eigenvalue weighted by Crippen LogP contribution is -2.34. The molecule has 1 aliphatic rings. The summed E-state index contributed by atoms with van der Waals surface area (Å²) >= 11 is 0. The molecule has 0 bridgehead atoms. The molecule has 1 aromatic heterocycles. The van der Waals surface area contributed by atoms with E-state index in [4.69, 9.17) is 5.73 Å². The van der Waals surface area contributed by atoms with E-state index in [2.05, 4.69) is 4.98 Å². The Balaban J connectivity index is 2.22. The van der Waals surface area contributed by atoms with Gasteiger partial charge in [0.15, 0.2) is 5.03 Å². The molecular formula is C11H20N4O2S. The number of nitrogens with zero attached hydrogens (tertiary/aromatic N) is 3. The van der Waals surface area contributed by atoms with Gasteiger partial charge in [0.05, 0.1) is 6.33 Å². The third-order valence-electron chi connectivity index (χ3n) is 3.59. The minimum absolute atomic E-state index is 0.111. The molecule has 0 saturated carbocycles. The molecule has 1 atom stereocenters. The zero-order valence-corrected chi connectivity index (χ0v) is 11.7. The van der Waals surface area contributed by atoms with Crippen LogP contribution in [0.25, 0.3) is 0 Å². The van der Waals surface area contributed by atoms with Gasteiger partial charge in [-0.15, -0.1) is 0 Å². The summed E-state index contributed by atoms with van der Waals surface area (Å²) in [6, 6.07) is 0. The summed E-state index contributed by atoms with van der Waals surface area (Å²) in [6.45, 7) is 6.18. The van der Waals surface area contributed by atoms with Crippen molar-refractivity contribution in [2.24, 2.45) is 11.1 Å². The van der Waals surface area contributed by atoms with Gasteiger partial charge in [-0.25, -0.2) is 13.4 Å². The number of aryl methyl sites for hydroxylation is 1. The number of aromatic nitrogens is 2. The molecule has 1 aromatic rings. The van der Waals surface area contributed by atoms with Gasteiger partial charge < -0.3 is 10.3 Å². The Morgan fingerprint density at radius 2 is 2.28 bits per heavy atom. The van der Waals surface area contributed by atoms with Crippen molar-refractivity contribution in [1.29, 1.82) is 0 Å². The fourth-order valence-electron chi connectivity index (χ4n) is 2.13. The minimum Gasteiger partial charge on any atom is -0.336 e. The topological polar surface area (TPSA) is 81.2 Å². The first-order chi connectivity index (χ1) is 8.41. The normalized spacial score (nSPS) is 25.7. The van der Waals surface area contributed by atoms with Crippen molar-refractivity contribution in [2.75, 3.05) is 19.6 Å². The van der Waals surface area contributed by atoms with Gasteiger partial charge >= 0.3 is 0 Å². The van der Waals surface area contributed by atoms with Crippen LogP contribution in [0, 0.1) is 5.41 Å². The van der Waals surface area contributed by atoms with Gasteiger partial charge in [0, 0.05) is 25.8 Å². The lowest BCUT2D eigenvalue weighted by atomic mass is 9.90. The number of sulfonamides is 1. The second kappa shape index (κ2) is 4.64. The van der Waals surface area contributed by atoms with Gasteiger partial charge in [0.2, 0.25) is 0 Å². The SMILES string of the molecule is CCn1cnc(S(=O)(=O)N2CCC(C)(CN)C2)c1. The van der Waals surface area contributed by atoms with E-state index >= 15 is 0 Å². The van der Waals surface area contributed by atoms with Crippen molar-refractivity contribution in [3.8, 4) is 0 Å². The van der Waals surface area contributed by atoms with E-state index in [-0.39, 0.29) is 10.4 Å². The maximum atomic E-state index is 12.4. The first-order valence-corrected chi connectivity index (χ1v) is 7.57. The van der Waals surface area contributed by atoms with Crippen molar-refractivity contribution >= 4 is 10.0 Å². The van der Waals surface area contributed by atoms with Crippen molar-refractivity contribution < 1.29 is 8.42 Å². The van der Waals surface area contributed by atoms with Crippen LogP contribution in [0.5, 0.6) is 0 Å². The molecule has 2 heterocycles. The second-order valence-electron chi connectivity index (χ2n) is 5.15. The van der Waals surface area contributed by atoms with Gasteiger partial charge in [-0.05, 0) is 25.3 Å². The number of hydrogen-bond acceptors (Lipinski definition) is 4. The van der Waals surface area contributed by atoms with Crippen LogP contribution in [0.2, 0.25) is 0 Å². The summed E-state index contributed by atoms with van der Waals surface area (Å²) in [5, 5.41) is 0.130. The van der Waals surface area contributed by atoms with E-state index in [1.54, 1.807) is 17.1 Å². The van der Waals surface area contributed by atoms with Crippen LogP contribution < -0.4 is 5.73 Å². The van der Waals surface area contributed by atoms with Gasteiger partial charge in [0.25, 0.3) is 10.0 Å². The summed E-state index contributed by atoms with van der Waals surface area (Å²) in [5.74, 6) is 0. The smallest absolute Gasteiger partial charge is 0.262 e. The van der Waals surface area contributed by atoms with Crippen LogP contribution in [-0.4, -0.2) is 41.9 Å². The monoisotopic (exact) mass is 272 g/mol. The predicted molar refractivity (Wildman–Crippen MR) is 68.4 cm³/mol. The van der Waals surface area contributed by atoms with E-state index in [0.717, 1.165) is 6.42 Å². The molecule has 0 amide bonds. The highest BCUT2D eigenvalue weighted by atomic mass is 32.2. The first kappa shape index (κ1) is 13.5. The highest BCUT2D eigenvalue weighted by Gasteiger charge is 2.39. The maximum absolute atomic E-state index is 12.4. The molecule has 7 heteroatoms. The molecule has 0 radical (unpaired) electrons. The van der Waals surface area contributed by atoms with Crippen LogP contribution >= 0.6 is 0 Å². The molecule has 2 rings (SSSR count). The lowest BCUT2D eigenvalue weighted by Gasteiger charge is -2.21. The van der Waals surface area contributed by atoms with E-state index in [9.17, 15) is 8.42 Å². The molecule has 18 heavy (non-hydrogen) atoms. The Labute approximate surface area is 108 Å². The number of hydrogen-bond donors (Lipinski definition) is 1. The highest BCUT2D eigenvalue weighted by Crippen LogP contribution is 2.31. The quantitative estimate of drug-likeness (QED) is 0.852. The van der Waals surface area contributed by atoms with Crippen LogP contribution in [0.3, 0.4) is 0 Å². The summed E-state index contributed by atoms with van der Waals surface area (Å²) in [6.07, 6.45) is 3.93. The summed E-state index contributed by atoms with van der Waals surface area (Å²) in [5.41, 5.74) is 5.59. The number of rotatable bonds is 4.